The number of rotatable bonds is 5. The van der Waals surface area contributed by atoms with Crippen LogP contribution in [0.2, 0.25) is 0 Å². The van der Waals surface area contributed by atoms with Gasteiger partial charge < -0.3 is 16.0 Å². The fourth-order valence-corrected chi connectivity index (χ4v) is 2.52. The first-order valence-electron chi connectivity index (χ1n) is 6.88. The summed E-state index contributed by atoms with van der Waals surface area (Å²) in [5.41, 5.74) is 6.02. The molecule has 1 aromatic rings. The Kier molecular flexibility index (Phi) is 4.39. The number of para-hydroxylation sites is 1. The van der Waals surface area contributed by atoms with Gasteiger partial charge in [-0.25, -0.2) is 0 Å². The highest BCUT2D eigenvalue weighted by molar-refractivity contribution is 5.95. The number of amides is 2. The van der Waals surface area contributed by atoms with E-state index in [-0.39, 0.29) is 18.4 Å². The Morgan fingerprint density at radius 2 is 1.95 bits per heavy atom. The molecule has 0 aromatic heterocycles. The number of carbonyl (C=O) groups is 2. The molecule has 5 nitrogen and oxygen atoms in total. The number of anilines is 1. The normalized spacial score (nSPS) is 16.1. The highest BCUT2D eigenvalue weighted by Crippen LogP contribution is 2.41. The van der Waals surface area contributed by atoms with Crippen LogP contribution in [0.3, 0.4) is 0 Å². The van der Waals surface area contributed by atoms with Crippen LogP contribution in [0.15, 0.2) is 30.3 Å². The average Bonchev–Trinajstić information content (AvgIpc) is 2.38. The molecule has 0 atom stereocenters. The molecule has 1 saturated carbocycles. The van der Waals surface area contributed by atoms with Gasteiger partial charge in [0.05, 0.1) is 12.0 Å². The molecule has 0 radical (unpaired) electrons. The molecule has 0 heterocycles. The highest BCUT2D eigenvalue weighted by atomic mass is 16.2. The lowest BCUT2D eigenvalue weighted by atomic mass is 9.68. The Labute approximate surface area is 119 Å². The predicted molar refractivity (Wildman–Crippen MR) is 78.0 cm³/mol. The number of carbonyl (C=O) groups excluding carboxylic acids is 2. The van der Waals surface area contributed by atoms with Crippen molar-refractivity contribution >= 4 is 17.5 Å². The zero-order valence-corrected chi connectivity index (χ0v) is 11.8. The van der Waals surface area contributed by atoms with E-state index in [4.69, 9.17) is 5.73 Å². The molecule has 3 N–H and O–H groups in total. The summed E-state index contributed by atoms with van der Waals surface area (Å²) in [5, 5.41) is 2.77. The second-order valence-electron chi connectivity index (χ2n) is 5.41. The monoisotopic (exact) mass is 275 g/mol. The minimum absolute atomic E-state index is 0.0190. The Hall–Kier alpha value is -1.88. The maximum atomic E-state index is 12.3. The van der Waals surface area contributed by atoms with Crippen molar-refractivity contribution in [1.82, 2.24) is 4.90 Å². The third-order valence-electron chi connectivity index (χ3n) is 3.94. The van der Waals surface area contributed by atoms with Gasteiger partial charge in [0, 0.05) is 19.3 Å². The number of nitrogens with zero attached hydrogens (tertiary/aromatic N) is 1. The molecule has 1 aromatic carbocycles. The smallest absolute Gasteiger partial charge is 0.243 e. The molecule has 108 valence electrons. The van der Waals surface area contributed by atoms with E-state index in [1.807, 2.05) is 30.3 Å². The van der Waals surface area contributed by atoms with Crippen molar-refractivity contribution in [3.63, 3.8) is 0 Å². The van der Waals surface area contributed by atoms with E-state index >= 15 is 0 Å². The van der Waals surface area contributed by atoms with Crippen molar-refractivity contribution < 1.29 is 9.59 Å². The summed E-state index contributed by atoms with van der Waals surface area (Å²) in [6.45, 7) is 0.409. The molecular formula is C15H21N3O2. The molecule has 2 rings (SSSR count). The summed E-state index contributed by atoms with van der Waals surface area (Å²) in [7, 11) is 1.66. The minimum Gasteiger partial charge on any atom is -0.336 e. The zero-order valence-electron chi connectivity index (χ0n) is 11.8. The van der Waals surface area contributed by atoms with Crippen LogP contribution in [0.4, 0.5) is 5.69 Å². The average molecular weight is 275 g/mol. The molecule has 5 heteroatoms. The predicted octanol–water partition coefficient (Wildman–Crippen LogP) is 1.21. The molecule has 0 saturated heterocycles. The number of hydrogen-bond donors (Lipinski definition) is 2. The summed E-state index contributed by atoms with van der Waals surface area (Å²) in [4.78, 5) is 25.7. The standard InChI is InChI=1S/C15H21N3O2/c1-18(14(20)15(11-16)8-5-9-15)10-13(19)17-12-6-3-2-4-7-12/h2-4,6-7H,5,8-11,16H2,1H3,(H,17,19). The fourth-order valence-electron chi connectivity index (χ4n) is 2.52. The molecule has 0 aliphatic heterocycles. The van der Waals surface area contributed by atoms with Gasteiger partial charge in [-0.1, -0.05) is 24.6 Å². The van der Waals surface area contributed by atoms with Crippen molar-refractivity contribution in [3.8, 4) is 0 Å². The van der Waals surface area contributed by atoms with Crippen LogP contribution in [-0.4, -0.2) is 36.9 Å². The Morgan fingerprint density at radius 3 is 2.45 bits per heavy atom. The van der Waals surface area contributed by atoms with Crippen LogP contribution in [0, 0.1) is 5.41 Å². The van der Waals surface area contributed by atoms with Crippen LogP contribution >= 0.6 is 0 Å². The second-order valence-corrected chi connectivity index (χ2v) is 5.41. The minimum atomic E-state index is -0.429. The Morgan fingerprint density at radius 1 is 1.30 bits per heavy atom. The molecule has 2 amide bonds. The van der Waals surface area contributed by atoms with Crippen LogP contribution in [-0.2, 0) is 9.59 Å². The Bertz CT molecular complexity index is 478. The zero-order chi connectivity index (χ0) is 14.6. The number of hydrogen-bond acceptors (Lipinski definition) is 3. The molecule has 0 spiro atoms. The van der Waals surface area contributed by atoms with E-state index in [1.165, 1.54) is 4.90 Å². The molecule has 1 aliphatic carbocycles. The number of benzene rings is 1. The third-order valence-corrected chi connectivity index (χ3v) is 3.94. The first-order valence-corrected chi connectivity index (χ1v) is 6.88. The van der Waals surface area contributed by atoms with Crippen molar-refractivity contribution in [3.05, 3.63) is 30.3 Å². The summed E-state index contributed by atoms with van der Waals surface area (Å²) in [6, 6.07) is 9.21. The topological polar surface area (TPSA) is 75.4 Å². The first-order chi connectivity index (χ1) is 9.57. The van der Waals surface area contributed by atoms with Gasteiger partial charge in [-0.2, -0.15) is 0 Å². The highest BCUT2D eigenvalue weighted by Gasteiger charge is 2.44. The summed E-state index contributed by atoms with van der Waals surface area (Å²) in [6.07, 6.45) is 2.69. The van der Waals surface area contributed by atoms with Crippen molar-refractivity contribution in [1.29, 1.82) is 0 Å². The molecule has 20 heavy (non-hydrogen) atoms. The van der Waals surface area contributed by atoms with E-state index in [2.05, 4.69) is 5.32 Å². The van der Waals surface area contributed by atoms with E-state index in [0.717, 1.165) is 24.9 Å². The summed E-state index contributed by atoms with van der Waals surface area (Å²) < 4.78 is 0. The number of nitrogens with one attached hydrogen (secondary N) is 1. The third kappa shape index (κ3) is 2.99. The van der Waals surface area contributed by atoms with Gasteiger partial charge in [0.15, 0.2) is 0 Å². The van der Waals surface area contributed by atoms with Gasteiger partial charge in [0.2, 0.25) is 11.8 Å². The van der Waals surface area contributed by atoms with Gasteiger partial charge in [-0.3, -0.25) is 9.59 Å². The molecule has 1 fully saturated rings. The van der Waals surface area contributed by atoms with Crippen molar-refractivity contribution in [2.45, 2.75) is 19.3 Å². The maximum absolute atomic E-state index is 12.3. The molecule has 0 unspecified atom stereocenters. The van der Waals surface area contributed by atoms with Crippen LogP contribution in [0.25, 0.3) is 0 Å². The van der Waals surface area contributed by atoms with E-state index in [1.54, 1.807) is 7.05 Å². The SMILES string of the molecule is CN(CC(=O)Nc1ccccc1)C(=O)C1(CN)CCC1. The molecular weight excluding hydrogens is 254 g/mol. The van der Waals surface area contributed by atoms with Crippen LogP contribution in [0.1, 0.15) is 19.3 Å². The maximum Gasteiger partial charge on any atom is 0.243 e. The van der Waals surface area contributed by atoms with Gasteiger partial charge >= 0.3 is 0 Å². The first kappa shape index (κ1) is 14.5. The number of likely N-dealkylation sites (N-methyl/N-ethyl adjacent to an activating group) is 1. The lowest BCUT2D eigenvalue weighted by Gasteiger charge is -2.41. The molecule has 1 aliphatic rings. The molecule has 0 bridgehead atoms. The van der Waals surface area contributed by atoms with E-state index in [9.17, 15) is 9.59 Å². The second kappa shape index (κ2) is 6.05. The summed E-state index contributed by atoms with van der Waals surface area (Å²) in [5.74, 6) is -0.215. The van der Waals surface area contributed by atoms with Gasteiger partial charge in [-0.05, 0) is 25.0 Å². The fraction of sp³-hybridized carbons (Fsp3) is 0.467. The van der Waals surface area contributed by atoms with E-state index < -0.39 is 5.41 Å². The van der Waals surface area contributed by atoms with E-state index in [0.29, 0.717) is 6.54 Å². The van der Waals surface area contributed by atoms with Crippen molar-refractivity contribution in [2.24, 2.45) is 11.1 Å². The van der Waals surface area contributed by atoms with Gasteiger partial charge in [-0.15, -0.1) is 0 Å². The Balaban J connectivity index is 1.89. The van der Waals surface area contributed by atoms with Gasteiger partial charge in [0.25, 0.3) is 0 Å². The van der Waals surface area contributed by atoms with Gasteiger partial charge in [0.1, 0.15) is 0 Å². The van der Waals surface area contributed by atoms with Crippen LogP contribution < -0.4 is 11.1 Å². The quantitative estimate of drug-likeness (QED) is 0.848. The number of nitrogens with two attached hydrogens (primary N) is 1. The summed E-state index contributed by atoms with van der Waals surface area (Å²) >= 11 is 0. The van der Waals surface area contributed by atoms with Crippen LogP contribution in [0.5, 0.6) is 0 Å². The van der Waals surface area contributed by atoms with Crippen molar-refractivity contribution in [2.75, 3.05) is 25.5 Å². The lowest BCUT2D eigenvalue weighted by Crippen LogP contribution is -2.52. The lowest BCUT2D eigenvalue weighted by molar-refractivity contribution is -0.146. The largest absolute Gasteiger partial charge is 0.336 e.